The van der Waals surface area contributed by atoms with E-state index in [-0.39, 0.29) is 19.0 Å². The molecule has 2 fully saturated rings. The van der Waals surface area contributed by atoms with Gasteiger partial charge >= 0.3 is 0 Å². The molecule has 6 nitrogen and oxygen atoms in total. The number of β-amino-alcohol motifs (C(OH)–C–C–N with tert-alkyl or cyclic N) is 1. The first-order chi connectivity index (χ1) is 15.5. The number of benzene rings is 2. The number of piperidine rings is 1. The minimum Gasteiger partial charge on any atom is -0.492 e. The van der Waals surface area contributed by atoms with E-state index in [9.17, 15) is 14.6 Å². The fourth-order valence-electron chi connectivity index (χ4n) is 4.45. The highest BCUT2D eigenvalue weighted by atomic mass is 19.1. The van der Waals surface area contributed by atoms with Crippen molar-refractivity contribution in [2.24, 2.45) is 0 Å². The molecule has 32 heavy (non-hydrogen) atoms. The van der Waals surface area contributed by atoms with E-state index in [1.807, 2.05) is 24.3 Å². The number of halogens is 1. The van der Waals surface area contributed by atoms with E-state index < -0.39 is 11.7 Å². The third-order valence-corrected chi connectivity index (χ3v) is 6.32. The van der Waals surface area contributed by atoms with Gasteiger partial charge < -0.3 is 19.7 Å². The third-order valence-electron chi connectivity index (χ3n) is 6.32. The largest absolute Gasteiger partial charge is 0.492 e. The van der Waals surface area contributed by atoms with Crippen LogP contribution in [0.25, 0.3) is 0 Å². The van der Waals surface area contributed by atoms with Crippen LogP contribution >= 0.6 is 0 Å². The van der Waals surface area contributed by atoms with E-state index >= 15 is 0 Å². The molecule has 7 heteroatoms. The van der Waals surface area contributed by atoms with Crippen LogP contribution in [0.3, 0.4) is 0 Å². The average Bonchev–Trinajstić information content (AvgIpc) is 3.30. The zero-order valence-corrected chi connectivity index (χ0v) is 18.5. The van der Waals surface area contributed by atoms with Crippen molar-refractivity contribution in [3.63, 3.8) is 0 Å². The Hall–Kier alpha value is -2.19. The summed E-state index contributed by atoms with van der Waals surface area (Å²) >= 11 is 0. The number of aliphatic hydroxyl groups is 2. The van der Waals surface area contributed by atoms with Gasteiger partial charge in [-0.15, -0.1) is 0 Å². The molecule has 0 unspecified atom stereocenters. The Morgan fingerprint density at radius 1 is 0.969 bits per heavy atom. The molecular weight excluding hydrogens is 411 g/mol. The smallest absolute Gasteiger partial charge is 0.137 e. The lowest BCUT2D eigenvalue weighted by molar-refractivity contribution is -0.140. The second kappa shape index (κ2) is 10.6. The Morgan fingerprint density at radius 3 is 2.53 bits per heavy atom. The van der Waals surface area contributed by atoms with E-state index in [1.165, 1.54) is 37.1 Å². The second-order valence-electron chi connectivity index (χ2n) is 8.91. The molecule has 0 bridgehead atoms. The van der Waals surface area contributed by atoms with Crippen molar-refractivity contribution in [1.82, 2.24) is 9.80 Å². The molecule has 0 saturated carbocycles. The summed E-state index contributed by atoms with van der Waals surface area (Å²) in [5.41, 5.74) is -0.293. The zero-order valence-electron chi connectivity index (χ0n) is 18.5. The highest BCUT2D eigenvalue weighted by Gasteiger charge is 2.42. The van der Waals surface area contributed by atoms with Crippen LogP contribution in [0.2, 0.25) is 0 Å². The van der Waals surface area contributed by atoms with Crippen molar-refractivity contribution in [3.8, 4) is 11.5 Å². The molecule has 0 aliphatic carbocycles. The van der Waals surface area contributed by atoms with Gasteiger partial charge in [-0.2, -0.15) is 0 Å². The molecule has 0 radical (unpaired) electrons. The van der Waals surface area contributed by atoms with Crippen molar-refractivity contribution >= 4 is 0 Å². The van der Waals surface area contributed by atoms with Gasteiger partial charge in [-0.25, -0.2) is 4.39 Å². The maximum absolute atomic E-state index is 13.1. The Bertz CT molecular complexity index is 859. The quantitative estimate of drug-likeness (QED) is 0.620. The minimum absolute atomic E-state index is 0.0596. The van der Waals surface area contributed by atoms with Crippen LogP contribution in [0.5, 0.6) is 11.5 Å². The molecule has 2 aliphatic rings. The Morgan fingerprint density at radius 2 is 1.75 bits per heavy atom. The van der Waals surface area contributed by atoms with Crippen LogP contribution in [0.4, 0.5) is 4.39 Å². The molecule has 0 amide bonds. The number of hydrogen-bond acceptors (Lipinski definition) is 6. The van der Waals surface area contributed by atoms with E-state index in [1.54, 1.807) is 0 Å². The standard InChI is InChI=1S/C25H33FN2O4/c26-21-6-8-22(9-7-21)32-19-25(30)18-28(13-10-24(25)29)17-20-4-3-5-23(16-20)31-15-14-27-11-1-2-12-27/h3-9,16,24,29-30H,1-2,10-15,17-19H2/t24-,25-/m0/s1. The number of likely N-dealkylation sites (tertiary alicyclic amines) is 2. The number of nitrogens with zero attached hydrogens (tertiary/aromatic N) is 2. The maximum Gasteiger partial charge on any atom is 0.137 e. The molecule has 2 aliphatic heterocycles. The Kier molecular flexibility index (Phi) is 7.63. The lowest BCUT2D eigenvalue weighted by atomic mass is 9.90. The molecule has 0 spiro atoms. The fraction of sp³-hybridized carbons (Fsp3) is 0.520. The van der Waals surface area contributed by atoms with Gasteiger partial charge in [-0.3, -0.25) is 9.80 Å². The van der Waals surface area contributed by atoms with Crippen molar-refractivity contribution in [2.45, 2.75) is 37.5 Å². The van der Waals surface area contributed by atoms with Gasteiger partial charge in [-0.05, 0) is 74.3 Å². The first kappa shape index (κ1) is 23.0. The van der Waals surface area contributed by atoms with E-state index in [0.717, 1.165) is 30.9 Å². The van der Waals surface area contributed by atoms with E-state index in [4.69, 9.17) is 9.47 Å². The molecular formula is C25H33FN2O4. The van der Waals surface area contributed by atoms with Crippen molar-refractivity contribution in [2.75, 3.05) is 45.9 Å². The second-order valence-corrected chi connectivity index (χ2v) is 8.91. The summed E-state index contributed by atoms with van der Waals surface area (Å²) in [5, 5.41) is 21.5. The maximum atomic E-state index is 13.1. The summed E-state index contributed by atoms with van der Waals surface area (Å²) < 4.78 is 24.7. The van der Waals surface area contributed by atoms with Crippen LogP contribution in [0.1, 0.15) is 24.8 Å². The number of ether oxygens (including phenoxy) is 2. The van der Waals surface area contributed by atoms with Crippen LogP contribution in [0, 0.1) is 5.82 Å². The Balaban J connectivity index is 1.30. The van der Waals surface area contributed by atoms with Gasteiger partial charge in [0.15, 0.2) is 0 Å². The molecule has 2 atom stereocenters. The lowest BCUT2D eigenvalue weighted by Gasteiger charge is -2.42. The summed E-state index contributed by atoms with van der Waals surface area (Å²) in [6.45, 7) is 5.52. The number of rotatable bonds is 9. The van der Waals surface area contributed by atoms with Crippen LogP contribution in [-0.2, 0) is 6.54 Å². The number of hydrogen-bond donors (Lipinski definition) is 2. The van der Waals surface area contributed by atoms with Crippen LogP contribution in [-0.4, -0.2) is 77.7 Å². The van der Waals surface area contributed by atoms with Crippen LogP contribution in [0.15, 0.2) is 48.5 Å². The van der Waals surface area contributed by atoms with Gasteiger partial charge in [0, 0.05) is 26.2 Å². The van der Waals surface area contributed by atoms with Gasteiger partial charge in [0.25, 0.3) is 0 Å². The molecule has 2 N–H and O–H groups in total. The topological polar surface area (TPSA) is 65.4 Å². The van der Waals surface area contributed by atoms with Gasteiger partial charge in [0.05, 0.1) is 6.10 Å². The van der Waals surface area contributed by atoms with Gasteiger partial charge in [0.1, 0.15) is 36.1 Å². The fourth-order valence-corrected chi connectivity index (χ4v) is 4.45. The van der Waals surface area contributed by atoms with E-state index in [0.29, 0.717) is 31.9 Å². The SMILES string of the molecule is O[C@H]1CCN(Cc2cccc(OCCN3CCCC3)c2)C[C@]1(O)COc1ccc(F)cc1. The zero-order chi connectivity index (χ0) is 22.4. The average molecular weight is 445 g/mol. The monoisotopic (exact) mass is 444 g/mol. The summed E-state index contributed by atoms with van der Waals surface area (Å²) in [6, 6.07) is 13.7. The highest BCUT2D eigenvalue weighted by molar-refractivity contribution is 5.28. The first-order valence-electron chi connectivity index (χ1n) is 11.5. The third kappa shape index (κ3) is 6.19. The van der Waals surface area contributed by atoms with Gasteiger partial charge in [0.2, 0.25) is 0 Å². The molecule has 2 aromatic rings. The minimum atomic E-state index is -1.39. The summed E-state index contributed by atoms with van der Waals surface area (Å²) in [7, 11) is 0. The molecule has 0 aromatic heterocycles. The van der Waals surface area contributed by atoms with Gasteiger partial charge in [-0.1, -0.05) is 12.1 Å². The summed E-state index contributed by atoms with van der Waals surface area (Å²) in [6.07, 6.45) is 2.14. The lowest BCUT2D eigenvalue weighted by Crippen LogP contribution is -2.59. The first-order valence-corrected chi connectivity index (χ1v) is 11.5. The van der Waals surface area contributed by atoms with Crippen LogP contribution < -0.4 is 9.47 Å². The molecule has 2 heterocycles. The summed E-state index contributed by atoms with van der Waals surface area (Å²) in [5.74, 6) is 0.971. The number of aliphatic hydroxyl groups excluding tert-OH is 1. The Labute approximate surface area is 189 Å². The van der Waals surface area contributed by atoms with Crippen molar-refractivity contribution in [3.05, 3.63) is 59.9 Å². The highest BCUT2D eigenvalue weighted by Crippen LogP contribution is 2.26. The predicted octanol–water partition coefficient (Wildman–Crippen LogP) is 2.68. The molecule has 174 valence electrons. The molecule has 2 aromatic carbocycles. The predicted molar refractivity (Wildman–Crippen MR) is 120 cm³/mol. The normalized spacial score (nSPS) is 24.5. The van der Waals surface area contributed by atoms with Crippen molar-refractivity contribution < 1.29 is 24.1 Å². The van der Waals surface area contributed by atoms with E-state index in [2.05, 4.69) is 9.80 Å². The summed E-state index contributed by atoms with van der Waals surface area (Å²) in [4.78, 5) is 4.54. The molecule has 2 saturated heterocycles. The van der Waals surface area contributed by atoms with Crippen molar-refractivity contribution in [1.29, 1.82) is 0 Å². The molecule has 4 rings (SSSR count).